The van der Waals surface area contributed by atoms with Crippen molar-refractivity contribution in [2.24, 2.45) is 0 Å². The number of nitrogens with one attached hydrogen (secondary N) is 1. The first-order chi connectivity index (χ1) is 8.93. The van der Waals surface area contributed by atoms with Crippen molar-refractivity contribution in [2.45, 2.75) is 70.4 Å². The second kappa shape index (κ2) is 10.1. The molecule has 6 heteroatoms. The fraction of sp³-hybridized carbons (Fsp3) is 0.923. The molecular weight excluding hydrogens is 250 g/mol. The van der Waals surface area contributed by atoms with Crippen LogP contribution in [0.5, 0.6) is 0 Å². The maximum Gasteiger partial charge on any atom is 0.220 e. The lowest BCUT2D eigenvalue weighted by molar-refractivity contribution is -0.124. The van der Waals surface area contributed by atoms with Crippen LogP contribution in [0.15, 0.2) is 0 Å². The van der Waals surface area contributed by atoms with Crippen molar-refractivity contribution in [3.8, 4) is 0 Å². The maximum atomic E-state index is 11.4. The summed E-state index contributed by atoms with van der Waals surface area (Å²) in [4.78, 5) is 11.4. The minimum Gasteiger partial charge on any atom is -0.390 e. The van der Waals surface area contributed by atoms with Crippen molar-refractivity contribution in [3.63, 3.8) is 0 Å². The molecule has 6 nitrogen and oxygen atoms in total. The molecule has 0 saturated heterocycles. The Bertz CT molecular complexity index is 249. The molecule has 0 aliphatic heterocycles. The molecule has 114 valence electrons. The molecule has 0 rings (SSSR count). The molecule has 1 amide bonds. The summed E-state index contributed by atoms with van der Waals surface area (Å²) in [7, 11) is 0. The van der Waals surface area contributed by atoms with Crippen molar-refractivity contribution in [2.75, 3.05) is 6.54 Å². The molecule has 0 aromatic carbocycles. The monoisotopic (exact) mass is 277 g/mol. The van der Waals surface area contributed by atoms with Crippen molar-refractivity contribution >= 4 is 5.91 Å². The van der Waals surface area contributed by atoms with Gasteiger partial charge in [-0.05, 0) is 12.8 Å². The van der Waals surface area contributed by atoms with E-state index in [1.165, 1.54) is 0 Å². The smallest absolute Gasteiger partial charge is 0.220 e. The van der Waals surface area contributed by atoms with Crippen LogP contribution in [0.1, 0.15) is 46.0 Å². The van der Waals surface area contributed by atoms with Crippen LogP contribution in [0.25, 0.3) is 0 Å². The molecule has 0 fully saturated rings. The minimum absolute atomic E-state index is 0.139. The van der Waals surface area contributed by atoms with Crippen LogP contribution in [0.3, 0.4) is 0 Å². The molecule has 0 aliphatic carbocycles. The average molecular weight is 277 g/mol. The summed E-state index contributed by atoms with van der Waals surface area (Å²) in [5, 5.41) is 40.6. The summed E-state index contributed by atoms with van der Waals surface area (Å²) in [6, 6.07) is 0. The molecule has 0 saturated carbocycles. The summed E-state index contributed by atoms with van der Waals surface area (Å²) < 4.78 is 0. The highest BCUT2D eigenvalue weighted by Crippen LogP contribution is 2.07. The van der Waals surface area contributed by atoms with E-state index in [1.54, 1.807) is 6.92 Å². The molecule has 0 radical (unpaired) electrons. The van der Waals surface area contributed by atoms with Crippen LogP contribution >= 0.6 is 0 Å². The second-order valence-electron chi connectivity index (χ2n) is 4.79. The average Bonchev–Trinajstić information content (AvgIpc) is 2.42. The Hall–Kier alpha value is -0.690. The zero-order valence-electron chi connectivity index (χ0n) is 11.7. The molecule has 0 aromatic rings. The first-order valence-electron chi connectivity index (χ1n) is 6.92. The Morgan fingerprint density at radius 2 is 1.58 bits per heavy atom. The minimum atomic E-state index is -1.48. The quantitative estimate of drug-likeness (QED) is 0.347. The summed E-state index contributed by atoms with van der Waals surface area (Å²) in [5.41, 5.74) is 0. The molecule has 0 spiro atoms. The molecule has 0 bridgehead atoms. The highest BCUT2D eigenvalue weighted by Gasteiger charge is 2.29. The van der Waals surface area contributed by atoms with E-state index in [4.69, 9.17) is 0 Å². The van der Waals surface area contributed by atoms with E-state index in [0.717, 1.165) is 19.3 Å². The molecule has 0 aromatic heterocycles. The van der Waals surface area contributed by atoms with Gasteiger partial charge in [0.2, 0.25) is 5.91 Å². The maximum absolute atomic E-state index is 11.4. The number of hydrogen-bond donors (Lipinski definition) is 5. The SMILES string of the molecule is CCCCCC(=O)NC[C@H](O)[C@@H](O)[C@H](O)[C@H](O)CC. The molecule has 4 atom stereocenters. The lowest BCUT2D eigenvalue weighted by Crippen LogP contribution is -2.48. The van der Waals surface area contributed by atoms with E-state index in [9.17, 15) is 25.2 Å². The van der Waals surface area contributed by atoms with Gasteiger partial charge in [-0.25, -0.2) is 0 Å². The number of rotatable bonds is 10. The number of unbranched alkanes of at least 4 members (excludes halogenated alkanes) is 2. The van der Waals surface area contributed by atoms with Gasteiger partial charge in [0.25, 0.3) is 0 Å². The van der Waals surface area contributed by atoms with Crippen LogP contribution in [0.4, 0.5) is 0 Å². The van der Waals surface area contributed by atoms with E-state index in [1.807, 2.05) is 6.92 Å². The van der Waals surface area contributed by atoms with Gasteiger partial charge in [0, 0.05) is 13.0 Å². The molecule has 19 heavy (non-hydrogen) atoms. The van der Waals surface area contributed by atoms with Crippen LogP contribution < -0.4 is 5.32 Å². The lowest BCUT2D eigenvalue weighted by Gasteiger charge is -2.26. The van der Waals surface area contributed by atoms with Gasteiger partial charge in [-0.3, -0.25) is 4.79 Å². The Morgan fingerprint density at radius 1 is 1.00 bits per heavy atom. The summed E-state index contributed by atoms with van der Waals surface area (Å²) in [5.74, 6) is -0.190. The fourth-order valence-corrected chi connectivity index (χ4v) is 1.66. The fourth-order valence-electron chi connectivity index (χ4n) is 1.66. The molecule has 0 heterocycles. The third kappa shape index (κ3) is 7.47. The zero-order valence-corrected chi connectivity index (χ0v) is 11.7. The highest BCUT2D eigenvalue weighted by atomic mass is 16.4. The summed E-state index contributed by atoms with van der Waals surface area (Å²) in [6.45, 7) is 3.56. The van der Waals surface area contributed by atoms with Crippen molar-refractivity contribution < 1.29 is 25.2 Å². The number of amides is 1. The number of carbonyl (C=O) groups excluding carboxylic acids is 1. The van der Waals surface area contributed by atoms with Gasteiger partial charge in [0.1, 0.15) is 12.2 Å². The third-order valence-electron chi connectivity index (χ3n) is 3.07. The van der Waals surface area contributed by atoms with Crippen LogP contribution in [0.2, 0.25) is 0 Å². The Morgan fingerprint density at radius 3 is 2.11 bits per heavy atom. The molecular formula is C13H27NO5. The van der Waals surface area contributed by atoms with E-state index in [0.29, 0.717) is 6.42 Å². The van der Waals surface area contributed by atoms with Crippen LogP contribution in [0, 0.1) is 0 Å². The predicted molar refractivity (Wildman–Crippen MR) is 71.5 cm³/mol. The normalized spacial score (nSPS) is 17.6. The Kier molecular flexibility index (Phi) is 9.77. The Labute approximate surface area is 114 Å². The molecule has 5 N–H and O–H groups in total. The third-order valence-corrected chi connectivity index (χ3v) is 3.07. The Balaban J connectivity index is 3.95. The summed E-state index contributed by atoms with van der Waals surface area (Å²) in [6.07, 6.45) is -1.85. The van der Waals surface area contributed by atoms with Gasteiger partial charge < -0.3 is 25.7 Å². The number of aliphatic hydroxyl groups excluding tert-OH is 4. The van der Waals surface area contributed by atoms with Gasteiger partial charge in [0.15, 0.2) is 0 Å². The van der Waals surface area contributed by atoms with Gasteiger partial charge in [-0.1, -0.05) is 26.7 Å². The number of hydrogen-bond acceptors (Lipinski definition) is 5. The van der Waals surface area contributed by atoms with E-state index in [-0.39, 0.29) is 18.9 Å². The molecule has 0 aliphatic rings. The van der Waals surface area contributed by atoms with Crippen molar-refractivity contribution in [1.29, 1.82) is 0 Å². The largest absolute Gasteiger partial charge is 0.390 e. The second-order valence-corrected chi connectivity index (χ2v) is 4.79. The van der Waals surface area contributed by atoms with Gasteiger partial charge >= 0.3 is 0 Å². The highest BCUT2D eigenvalue weighted by molar-refractivity contribution is 5.75. The van der Waals surface area contributed by atoms with Crippen molar-refractivity contribution in [3.05, 3.63) is 0 Å². The number of carbonyl (C=O) groups is 1. The standard InChI is InChI=1S/C13H27NO5/c1-3-5-6-7-11(17)14-8-10(16)13(19)12(18)9(15)4-2/h9-10,12-13,15-16,18-19H,3-8H2,1-2H3,(H,14,17)/t9-,10+,12-,13-/m1/s1. The van der Waals surface area contributed by atoms with E-state index in [2.05, 4.69) is 5.32 Å². The number of aliphatic hydroxyl groups is 4. The predicted octanol–water partition coefficient (Wildman–Crippen LogP) is -0.464. The van der Waals surface area contributed by atoms with E-state index < -0.39 is 24.4 Å². The summed E-state index contributed by atoms with van der Waals surface area (Å²) >= 11 is 0. The molecule has 0 unspecified atom stereocenters. The van der Waals surface area contributed by atoms with Crippen molar-refractivity contribution in [1.82, 2.24) is 5.32 Å². The van der Waals surface area contributed by atoms with E-state index >= 15 is 0 Å². The van der Waals surface area contributed by atoms with Gasteiger partial charge in [0.05, 0.1) is 12.2 Å². The van der Waals surface area contributed by atoms with Gasteiger partial charge in [-0.2, -0.15) is 0 Å². The first-order valence-corrected chi connectivity index (χ1v) is 6.92. The van der Waals surface area contributed by atoms with Crippen LogP contribution in [-0.2, 0) is 4.79 Å². The van der Waals surface area contributed by atoms with Gasteiger partial charge in [-0.15, -0.1) is 0 Å². The first kappa shape index (κ1) is 18.3. The van der Waals surface area contributed by atoms with Crippen LogP contribution in [-0.4, -0.2) is 57.3 Å². The zero-order chi connectivity index (χ0) is 14.8. The topological polar surface area (TPSA) is 110 Å². The lowest BCUT2D eigenvalue weighted by atomic mass is 10.0.